The van der Waals surface area contributed by atoms with E-state index in [1.165, 1.54) is 5.56 Å². The van der Waals surface area contributed by atoms with Gasteiger partial charge in [0.1, 0.15) is 0 Å². The zero-order valence-corrected chi connectivity index (χ0v) is 13.4. The Morgan fingerprint density at radius 2 is 1.92 bits per heavy atom. The lowest BCUT2D eigenvalue weighted by molar-refractivity contribution is -0.148. The summed E-state index contributed by atoms with van der Waals surface area (Å²) in [5.41, 5.74) is 1.92. The summed E-state index contributed by atoms with van der Waals surface area (Å²) in [5.74, 6) is 0.466. The Bertz CT molecular complexity index is 626. The van der Waals surface area contributed by atoms with Crippen LogP contribution < -0.4 is 0 Å². The number of rotatable bonds is 8. The lowest BCUT2D eigenvalue weighted by Crippen LogP contribution is -2.35. The van der Waals surface area contributed by atoms with Gasteiger partial charge in [-0.2, -0.15) is 18.2 Å². The van der Waals surface area contributed by atoms with Crippen molar-refractivity contribution in [1.82, 2.24) is 15.0 Å². The minimum Gasteiger partial charge on any atom is -0.396 e. The molecule has 0 spiro atoms. The van der Waals surface area contributed by atoms with Crippen LogP contribution in [0.3, 0.4) is 0 Å². The van der Waals surface area contributed by atoms with E-state index in [1.807, 2.05) is 31.2 Å². The SMILES string of the molecule is CCc1ccc(-c2noc(CN(CCCO)CC(F)(F)F)n2)cc1. The highest BCUT2D eigenvalue weighted by Crippen LogP contribution is 2.20. The Labute approximate surface area is 138 Å². The number of hydrogen-bond donors (Lipinski definition) is 1. The van der Waals surface area contributed by atoms with Crippen LogP contribution in [-0.2, 0) is 13.0 Å². The molecule has 0 amide bonds. The summed E-state index contributed by atoms with van der Waals surface area (Å²) >= 11 is 0. The molecule has 1 aromatic carbocycles. The maximum atomic E-state index is 12.6. The van der Waals surface area contributed by atoms with Crippen LogP contribution in [-0.4, -0.2) is 46.0 Å². The summed E-state index contributed by atoms with van der Waals surface area (Å²) in [5, 5.41) is 12.6. The van der Waals surface area contributed by atoms with Gasteiger partial charge in [-0.15, -0.1) is 0 Å². The van der Waals surface area contributed by atoms with Crippen molar-refractivity contribution in [1.29, 1.82) is 0 Å². The Balaban J connectivity index is 2.06. The van der Waals surface area contributed by atoms with Gasteiger partial charge in [0.15, 0.2) is 0 Å². The molecule has 0 aliphatic carbocycles. The summed E-state index contributed by atoms with van der Waals surface area (Å²) < 4.78 is 42.9. The van der Waals surface area contributed by atoms with E-state index in [1.54, 1.807) is 0 Å². The molecule has 0 radical (unpaired) electrons. The second kappa shape index (κ2) is 8.25. The Hall–Kier alpha value is -1.93. The van der Waals surface area contributed by atoms with Crippen LogP contribution in [0.4, 0.5) is 13.2 Å². The second-order valence-electron chi connectivity index (χ2n) is 5.47. The third-order valence-electron chi connectivity index (χ3n) is 3.48. The molecular formula is C16H20F3N3O2. The lowest BCUT2D eigenvalue weighted by atomic mass is 10.1. The van der Waals surface area contributed by atoms with Crippen LogP contribution in [0.1, 0.15) is 24.8 Å². The van der Waals surface area contributed by atoms with E-state index >= 15 is 0 Å². The highest BCUT2D eigenvalue weighted by atomic mass is 19.4. The average Bonchev–Trinajstić information content (AvgIpc) is 3.00. The molecule has 0 fully saturated rings. The van der Waals surface area contributed by atoms with Gasteiger partial charge in [0.05, 0.1) is 13.1 Å². The van der Waals surface area contributed by atoms with Crippen molar-refractivity contribution in [3.05, 3.63) is 35.7 Å². The van der Waals surface area contributed by atoms with Gasteiger partial charge in [0.2, 0.25) is 11.7 Å². The molecule has 24 heavy (non-hydrogen) atoms. The number of aliphatic hydroxyl groups is 1. The van der Waals surface area contributed by atoms with E-state index in [-0.39, 0.29) is 32.0 Å². The van der Waals surface area contributed by atoms with Crippen molar-refractivity contribution < 1.29 is 22.8 Å². The molecule has 0 bridgehead atoms. The fraction of sp³-hybridized carbons (Fsp3) is 0.500. The van der Waals surface area contributed by atoms with Crippen molar-refractivity contribution in [3.63, 3.8) is 0 Å². The monoisotopic (exact) mass is 343 g/mol. The van der Waals surface area contributed by atoms with E-state index in [2.05, 4.69) is 10.1 Å². The maximum absolute atomic E-state index is 12.6. The van der Waals surface area contributed by atoms with Crippen molar-refractivity contribution in [2.75, 3.05) is 19.7 Å². The standard InChI is InChI=1S/C16H20F3N3O2/c1-2-12-4-6-13(7-5-12)15-20-14(24-21-15)10-22(8-3-9-23)11-16(17,18)19/h4-7,23H,2-3,8-11H2,1H3. The van der Waals surface area contributed by atoms with Gasteiger partial charge in [-0.1, -0.05) is 36.3 Å². The summed E-state index contributed by atoms with van der Waals surface area (Å²) in [6, 6.07) is 7.60. The van der Waals surface area contributed by atoms with E-state index in [4.69, 9.17) is 9.63 Å². The van der Waals surface area contributed by atoms with Crippen molar-refractivity contribution >= 4 is 0 Å². The van der Waals surface area contributed by atoms with Gasteiger partial charge in [-0.25, -0.2) is 0 Å². The van der Waals surface area contributed by atoms with Crippen molar-refractivity contribution in [3.8, 4) is 11.4 Å². The summed E-state index contributed by atoms with van der Waals surface area (Å²) in [7, 11) is 0. The molecule has 0 unspecified atom stereocenters. The molecule has 1 N–H and O–H groups in total. The van der Waals surface area contributed by atoms with Crippen LogP contribution >= 0.6 is 0 Å². The highest BCUT2D eigenvalue weighted by Gasteiger charge is 2.31. The fourth-order valence-corrected chi connectivity index (χ4v) is 2.28. The number of aromatic nitrogens is 2. The summed E-state index contributed by atoms with van der Waals surface area (Å²) in [6.07, 6.45) is -3.17. The van der Waals surface area contributed by atoms with Gasteiger partial charge in [0, 0.05) is 18.7 Å². The topological polar surface area (TPSA) is 62.4 Å². The second-order valence-corrected chi connectivity index (χ2v) is 5.47. The van der Waals surface area contributed by atoms with Crippen LogP contribution in [0.15, 0.2) is 28.8 Å². The van der Waals surface area contributed by atoms with Crippen LogP contribution in [0.5, 0.6) is 0 Å². The van der Waals surface area contributed by atoms with Gasteiger partial charge < -0.3 is 9.63 Å². The summed E-state index contributed by atoms with van der Waals surface area (Å²) in [4.78, 5) is 5.30. The van der Waals surface area contributed by atoms with E-state index in [9.17, 15) is 13.2 Å². The molecule has 0 saturated heterocycles. The van der Waals surface area contributed by atoms with E-state index < -0.39 is 12.7 Å². The number of halogens is 3. The Morgan fingerprint density at radius 3 is 2.50 bits per heavy atom. The predicted octanol–water partition coefficient (Wildman–Crippen LogP) is 3.05. The number of aliphatic hydroxyl groups excluding tert-OH is 1. The number of benzene rings is 1. The van der Waals surface area contributed by atoms with E-state index in [0.29, 0.717) is 5.82 Å². The van der Waals surface area contributed by atoms with Crippen LogP contribution in [0.2, 0.25) is 0 Å². The highest BCUT2D eigenvalue weighted by molar-refractivity contribution is 5.54. The van der Waals surface area contributed by atoms with Gasteiger partial charge >= 0.3 is 6.18 Å². The first-order chi connectivity index (χ1) is 11.4. The third kappa shape index (κ3) is 5.61. The normalized spacial score (nSPS) is 12.1. The first kappa shape index (κ1) is 18.4. The lowest BCUT2D eigenvalue weighted by Gasteiger charge is -2.21. The molecule has 0 aliphatic rings. The molecule has 5 nitrogen and oxygen atoms in total. The van der Waals surface area contributed by atoms with Gasteiger partial charge in [-0.05, 0) is 18.4 Å². The quantitative estimate of drug-likeness (QED) is 0.798. The zero-order chi connectivity index (χ0) is 17.6. The summed E-state index contributed by atoms with van der Waals surface area (Å²) in [6.45, 7) is 0.769. The zero-order valence-electron chi connectivity index (χ0n) is 13.4. The maximum Gasteiger partial charge on any atom is 0.401 e. The number of alkyl halides is 3. The molecule has 132 valence electrons. The first-order valence-electron chi connectivity index (χ1n) is 7.73. The molecule has 2 aromatic rings. The minimum atomic E-state index is -4.33. The number of hydrogen-bond acceptors (Lipinski definition) is 5. The number of nitrogens with zero attached hydrogens (tertiary/aromatic N) is 3. The van der Waals surface area contributed by atoms with Crippen molar-refractivity contribution in [2.24, 2.45) is 0 Å². The molecule has 0 atom stereocenters. The van der Waals surface area contributed by atoms with Crippen LogP contribution in [0, 0.1) is 0 Å². The van der Waals surface area contributed by atoms with Gasteiger partial charge in [0.25, 0.3) is 0 Å². The number of aryl methyl sites for hydroxylation is 1. The Morgan fingerprint density at radius 1 is 1.21 bits per heavy atom. The largest absolute Gasteiger partial charge is 0.401 e. The van der Waals surface area contributed by atoms with Crippen molar-refractivity contribution in [2.45, 2.75) is 32.5 Å². The minimum absolute atomic E-state index is 0.0962. The molecule has 2 rings (SSSR count). The fourth-order valence-electron chi connectivity index (χ4n) is 2.28. The Kier molecular flexibility index (Phi) is 6.33. The van der Waals surface area contributed by atoms with E-state index in [0.717, 1.165) is 16.9 Å². The first-order valence-corrected chi connectivity index (χ1v) is 7.73. The molecule has 0 aliphatic heterocycles. The molecule has 1 aromatic heterocycles. The van der Waals surface area contributed by atoms with Crippen LogP contribution in [0.25, 0.3) is 11.4 Å². The molecule has 1 heterocycles. The molecular weight excluding hydrogens is 323 g/mol. The van der Waals surface area contributed by atoms with Gasteiger partial charge in [-0.3, -0.25) is 4.90 Å². The smallest absolute Gasteiger partial charge is 0.396 e. The molecule has 8 heteroatoms. The average molecular weight is 343 g/mol. The molecule has 0 saturated carbocycles. The third-order valence-corrected chi connectivity index (χ3v) is 3.48. The predicted molar refractivity (Wildman–Crippen MR) is 82.1 cm³/mol.